The number of hydrogen-bond donors (Lipinski definition) is 0. The molecule has 1 aliphatic rings. The summed E-state index contributed by atoms with van der Waals surface area (Å²) in [6.45, 7) is 0.520. The van der Waals surface area contributed by atoms with Crippen LogP contribution in [-0.2, 0) is 6.54 Å². The number of amides is 1. The molecular formula is C15H13F2NOS. The van der Waals surface area contributed by atoms with Crippen molar-refractivity contribution in [3.8, 4) is 0 Å². The van der Waals surface area contributed by atoms with Crippen LogP contribution < -0.4 is 0 Å². The second-order valence-corrected chi connectivity index (χ2v) is 5.70. The Morgan fingerprint density at radius 2 is 2.05 bits per heavy atom. The summed E-state index contributed by atoms with van der Waals surface area (Å²) in [5, 5.41) is 3.95. The van der Waals surface area contributed by atoms with Crippen molar-refractivity contribution in [3.05, 3.63) is 57.8 Å². The Morgan fingerprint density at radius 3 is 2.65 bits per heavy atom. The number of halogens is 2. The van der Waals surface area contributed by atoms with Gasteiger partial charge in [-0.2, -0.15) is 11.3 Å². The lowest BCUT2D eigenvalue weighted by atomic mass is 10.1. The Bertz CT molecular complexity index is 623. The molecule has 0 N–H and O–H groups in total. The molecule has 0 saturated heterocycles. The normalized spacial score (nSPS) is 14.3. The van der Waals surface area contributed by atoms with Crippen LogP contribution in [0.15, 0.2) is 35.0 Å². The summed E-state index contributed by atoms with van der Waals surface area (Å²) >= 11 is 1.58. The van der Waals surface area contributed by atoms with E-state index in [9.17, 15) is 13.6 Å². The molecule has 1 saturated carbocycles. The lowest BCUT2D eigenvalue weighted by molar-refractivity contribution is 0.0729. The number of carbonyl (C=O) groups is 1. The first kappa shape index (κ1) is 13.2. The Kier molecular flexibility index (Phi) is 3.53. The second kappa shape index (κ2) is 5.32. The Balaban J connectivity index is 1.83. The van der Waals surface area contributed by atoms with Crippen LogP contribution in [0.5, 0.6) is 0 Å². The molecule has 1 aromatic heterocycles. The SMILES string of the molecule is O=C(c1ccc(F)c(F)c1)N(Cc1ccsc1)C1CC1. The lowest BCUT2D eigenvalue weighted by Gasteiger charge is -2.22. The van der Waals surface area contributed by atoms with Gasteiger partial charge in [0, 0.05) is 18.2 Å². The molecule has 104 valence electrons. The van der Waals surface area contributed by atoms with E-state index in [0.717, 1.165) is 30.5 Å². The first-order valence-corrected chi connectivity index (χ1v) is 7.36. The van der Waals surface area contributed by atoms with Crippen LogP contribution in [0.4, 0.5) is 8.78 Å². The van der Waals surface area contributed by atoms with Crippen molar-refractivity contribution >= 4 is 17.2 Å². The van der Waals surface area contributed by atoms with Gasteiger partial charge in [-0.05, 0) is 53.4 Å². The first-order chi connectivity index (χ1) is 9.65. The van der Waals surface area contributed by atoms with Crippen LogP contribution in [-0.4, -0.2) is 16.8 Å². The fourth-order valence-corrected chi connectivity index (χ4v) is 2.79. The summed E-state index contributed by atoms with van der Waals surface area (Å²) in [5.41, 5.74) is 1.27. The van der Waals surface area contributed by atoms with Gasteiger partial charge in [-0.15, -0.1) is 0 Å². The van der Waals surface area contributed by atoms with Gasteiger partial charge in [0.15, 0.2) is 11.6 Å². The minimum absolute atomic E-state index is 0.200. The molecule has 0 bridgehead atoms. The lowest BCUT2D eigenvalue weighted by Crippen LogP contribution is -2.32. The summed E-state index contributed by atoms with van der Waals surface area (Å²) in [4.78, 5) is 14.2. The van der Waals surface area contributed by atoms with E-state index in [0.29, 0.717) is 6.54 Å². The van der Waals surface area contributed by atoms with E-state index >= 15 is 0 Å². The molecule has 1 aromatic carbocycles. The molecule has 20 heavy (non-hydrogen) atoms. The largest absolute Gasteiger partial charge is 0.331 e. The maximum absolute atomic E-state index is 13.3. The minimum Gasteiger partial charge on any atom is -0.331 e. The number of benzene rings is 1. The average Bonchev–Trinajstić information content (AvgIpc) is 3.15. The first-order valence-electron chi connectivity index (χ1n) is 6.42. The van der Waals surface area contributed by atoms with E-state index in [1.165, 1.54) is 6.07 Å². The third-order valence-electron chi connectivity index (χ3n) is 3.35. The molecule has 0 radical (unpaired) electrons. The number of hydrogen-bond acceptors (Lipinski definition) is 2. The molecule has 0 aliphatic heterocycles. The van der Waals surface area contributed by atoms with E-state index < -0.39 is 11.6 Å². The minimum atomic E-state index is -0.984. The van der Waals surface area contributed by atoms with Gasteiger partial charge in [0.2, 0.25) is 0 Å². The highest BCUT2D eigenvalue weighted by Crippen LogP contribution is 2.30. The number of carbonyl (C=O) groups excluding carboxylic acids is 1. The molecule has 3 rings (SSSR count). The highest BCUT2D eigenvalue weighted by molar-refractivity contribution is 7.07. The second-order valence-electron chi connectivity index (χ2n) is 4.92. The van der Waals surface area contributed by atoms with Crippen LogP contribution in [0.1, 0.15) is 28.8 Å². The number of nitrogens with zero attached hydrogens (tertiary/aromatic N) is 1. The van der Waals surface area contributed by atoms with Crippen LogP contribution in [0, 0.1) is 11.6 Å². The molecule has 0 atom stereocenters. The molecule has 2 nitrogen and oxygen atoms in total. The van der Waals surface area contributed by atoms with E-state index in [1.807, 2.05) is 16.8 Å². The smallest absolute Gasteiger partial charge is 0.254 e. The van der Waals surface area contributed by atoms with Gasteiger partial charge >= 0.3 is 0 Å². The molecule has 2 aromatic rings. The maximum atomic E-state index is 13.3. The van der Waals surface area contributed by atoms with Gasteiger partial charge in [-0.1, -0.05) is 0 Å². The number of thiophene rings is 1. The third-order valence-corrected chi connectivity index (χ3v) is 4.08. The van der Waals surface area contributed by atoms with E-state index in [2.05, 4.69) is 0 Å². The van der Waals surface area contributed by atoms with Crippen LogP contribution in [0.25, 0.3) is 0 Å². The molecule has 0 spiro atoms. The molecule has 0 unspecified atom stereocenters. The fraction of sp³-hybridized carbons (Fsp3) is 0.267. The zero-order valence-electron chi connectivity index (χ0n) is 10.7. The molecular weight excluding hydrogens is 280 g/mol. The molecule has 1 fully saturated rings. The summed E-state index contributed by atoms with van der Waals surface area (Å²) in [6.07, 6.45) is 1.94. The van der Waals surface area contributed by atoms with E-state index in [-0.39, 0.29) is 17.5 Å². The third kappa shape index (κ3) is 2.72. The molecule has 1 amide bonds. The van der Waals surface area contributed by atoms with Gasteiger partial charge in [-0.25, -0.2) is 8.78 Å². The van der Waals surface area contributed by atoms with Crippen molar-refractivity contribution in [2.45, 2.75) is 25.4 Å². The van der Waals surface area contributed by atoms with E-state index in [4.69, 9.17) is 0 Å². The summed E-state index contributed by atoms with van der Waals surface area (Å²) in [6, 6.07) is 5.50. The van der Waals surface area contributed by atoms with Crippen molar-refractivity contribution < 1.29 is 13.6 Å². The van der Waals surface area contributed by atoms with E-state index in [1.54, 1.807) is 16.2 Å². The zero-order valence-corrected chi connectivity index (χ0v) is 11.5. The molecule has 1 aliphatic carbocycles. The highest BCUT2D eigenvalue weighted by atomic mass is 32.1. The topological polar surface area (TPSA) is 20.3 Å². The quantitative estimate of drug-likeness (QED) is 0.839. The van der Waals surface area contributed by atoms with Gasteiger partial charge in [0.25, 0.3) is 5.91 Å². The fourth-order valence-electron chi connectivity index (χ4n) is 2.13. The number of rotatable bonds is 4. The highest BCUT2D eigenvalue weighted by Gasteiger charge is 2.33. The monoisotopic (exact) mass is 293 g/mol. The van der Waals surface area contributed by atoms with Crippen molar-refractivity contribution in [3.63, 3.8) is 0 Å². The Hall–Kier alpha value is -1.75. The summed E-state index contributed by atoms with van der Waals surface area (Å²) < 4.78 is 26.2. The zero-order chi connectivity index (χ0) is 14.1. The Labute approximate surface area is 119 Å². The summed E-state index contributed by atoms with van der Waals surface area (Å²) in [7, 11) is 0. The standard InChI is InChI=1S/C15H13F2NOS/c16-13-4-1-11(7-14(13)17)15(19)18(12-2-3-12)8-10-5-6-20-9-10/h1,4-7,9,12H,2-3,8H2. The van der Waals surface area contributed by atoms with Gasteiger partial charge in [-0.3, -0.25) is 4.79 Å². The predicted molar refractivity (Wildman–Crippen MR) is 73.6 cm³/mol. The van der Waals surface area contributed by atoms with Crippen molar-refractivity contribution in [1.82, 2.24) is 4.90 Å². The Morgan fingerprint density at radius 1 is 1.25 bits per heavy atom. The van der Waals surface area contributed by atoms with Crippen LogP contribution in [0.3, 0.4) is 0 Å². The predicted octanol–water partition coefficient (Wildman–Crippen LogP) is 3.83. The van der Waals surface area contributed by atoms with Gasteiger partial charge in [0.05, 0.1) is 0 Å². The van der Waals surface area contributed by atoms with Gasteiger partial charge < -0.3 is 4.90 Å². The molecule has 1 heterocycles. The van der Waals surface area contributed by atoms with Crippen molar-refractivity contribution in [2.75, 3.05) is 0 Å². The average molecular weight is 293 g/mol. The maximum Gasteiger partial charge on any atom is 0.254 e. The van der Waals surface area contributed by atoms with Crippen LogP contribution in [0.2, 0.25) is 0 Å². The van der Waals surface area contributed by atoms with Crippen molar-refractivity contribution in [1.29, 1.82) is 0 Å². The molecule has 5 heteroatoms. The van der Waals surface area contributed by atoms with Gasteiger partial charge in [0.1, 0.15) is 0 Å². The van der Waals surface area contributed by atoms with Crippen molar-refractivity contribution in [2.24, 2.45) is 0 Å². The summed E-state index contributed by atoms with van der Waals surface area (Å²) in [5.74, 6) is -2.16. The van der Waals surface area contributed by atoms with Crippen LogP contribution >= 0.6 is 11.3 Å².